The number of aromatic amines is 1. The molecule has 5 aromatic rings. The number of piperidine rings is 1. The number of anilines is 2. The maximum atomic E-state index is 15.0. The first-order chi connectivity index (χ1) is 33.4. The van der Waals surface area contributed by atoms with E-state index in [1.165, 1.54) is 54.8 Å². The van der Waals surface area contributed by atoms with E-state index >= 15 is 0 Å². The van der Waals surface area contributed by atoms with Crippen LogP contribution in [0.15, 0.2) is 71.8 Å². The molecule has 70 heavy (non-hydrogen) atoms. The standard InChI is InChI=1S/C53H64FN7O8S/c1-31(2)36-9-6-7-10-37(36)38-11-8-12-43(38)60-29-53(30-60)19-21-59(22-20-53)34-13-14-39(45(23-34)69-47-26-40-41(54)27-55-50(40)57-48(47)32(3)4)51(62)58-70(66,67)35-24-44(61(64)65)49-46(25-35)68-28-42(56-49)33-15-17-52(5,63)18-16-33/h6-7,9-10,13-14,23-27,31-33,38,42-43,56,63H,8,11-12,15-22,28-30H2,1-5H3,(H,55,57)(H,58,62)/t33-,38-,42+,43?,52-/m0/s1. The van der Waals surface area contributed by atoms with Crippen molar-refractivity contribution in [2.24, 2.45) is 11.3 Å². The monoisotopic (exact) mass is 977 g/mol. The highest BCUT2D eigenvalue weighted by molar-refractivity contribution is 7.90. The second-order valence-corrected chi connectivity index (χ2v) is 23.2. The van der Waals surface area contributed by atoms with Crippen molar-refractivity contribution < 1.29 is 37.1 Å². The Morgan fingerprint density at radius 2 is 1.73 bits per heavy atom. The highest BCUT2D eigenvalue weighted by atomic mass is 32.2. The van der Waals surface area contributed by atoms with Gasteiger partial charge in [0.2, 0.25) is 0 Å². The molecule has 0 bridgehead atoms. The van der Waals surface area contributed by atoms with Crippen molar-refractivity contribution in [1.29, 1.82) is 0 Å². The molecule has 4 fully saturated rings. The van der Waals surface area contributed by atoms with Crippen molar-refractivity contribution in [3.63, 3.8) is 0 Å². The van der Waals surface area contributed by atoms with Crippen LogP contribution in [-0.2, 0) is 10.0 Å². The van der Waals surface area contributed by atoms with Crippen molar-refractivity contribution in [1.82, 2.24) is 19.6 Å². The molecule has 15 nitrogen and oxygen atoms in total. The molecule has 0 radical (unpaired) electrons. The van der Waals surface area contributed by atoms with E-state index in [0.29, 0.717) is 54.9 Å². The number of nitro groups is 1. The Balaban J connectivity index is 0.892. The summed E-state index contributed by atoms with van der Waals surface area (Å²) in [7, 11) is -4.73. The number of nitrogens with one attached hydrogen (secondary N) is 3. The molecule has 2 aromatic heterocycles. The van der Waals surface area contributed by atoms with Crippen LogP contribution in [0.25, 0.3) is 11.0 Å². The molecule has 2 aliphatic carbocycles. The lowest BCUT2D eigenvalue weighted by molar-refractivity contribution is -0.384. The molecule has 1 unspecified atom stereocenters. The molecule has 2 saturated heterocycles. The summed E-state index contributed by atoms with van der Waals surface area (Å²) >= 11 is 0. The number of ether oxygens (including phenoxy) is 2. The van der Waals surface area contributed by atoms with Crippen LogP contribution in [-0.4, -0.2) is 89.7 Å². The summed E-state index contributed by atoms with van der Waals surface area (Å²) in [6.07, 6.45) is 9.43. The number of aromatic nitrogens is 2. The van der Waals surface area contributed by atoms with Crippen LogP contribution >= 0.6 is 0 Å². The number of H-pyrrole nitrogens is 1. The van der Waals surface area contributed by atoms with Gasteiger partial charge in [-0.1, -0.05) is 58.4 Å². The van der Waals surface area contributed by atoms with E-state index in [1.807, 2.05) is 13.8 Å². The predicted molar refractivity (Wildman–Crippen MR) is 266 cm³/mol. The van der Waals surface area contributed by atoms with Gasteiger partial charge >= 0.3 is 0 Å². The number of hydrogen-bond donors (Lipinski definition) is 4. The third kappa shape index (κ3) is 9.20. The number of nitrogens with zero attached hydrogens (tertiary/aromatic N) is 4. The van der Waals surface area contributed by atoms with Crippen molar-refractivity contribution >= 4 is 44.0 Å². The fraction of sp³-hybridized carbons (Fsp3) is 0.509. The molecule has 10 rings (SSSR count). The zero-order valence-corrected chi connectivity index (χ0v) is 41.4. The van der Waals surface area contributed by atoms with Gasteiger partial charge in [-0.15, -0.1) is 0 Å². The van der Waals surface area contributed by atoms with Gasteiger partial charge in [-0.05, 0) is 117 Å². The molecular formula is C53H64FN7O8S. The number of amides is 1. The number of fused-ring (bicyclic) bond motifs is 2. The van der Waals surface area contributed by atoms with Crippen LogP contribution in [0.1, 0.15) is 137 Å². The zero-order chi connectivity index (χ0) is 49.3. The maximum Gasteiger partial charge on any atom is 0.297 e. The lowest BCUT2D eigenvalue weighted by Crippen LogP contribution is -2.63. The van der Waals surface area contributed by atoms with E-state index in [0.717, 1.165) is 50.8 Å². The van der Waals surface area contributed by atoms with Gasteiger partial charge < -0.3 is 29.8 Å². The van der Waals surface area contributed by atoms with E-state index in [2.05, 4.69) is 67.9 Å². The molecule has 5 heterocycles. The molecule has 372 valence electrons. The number of sulfonamides is 1. The number of hydrogen-bond acceptors (Lipinski definition) is 12. The van der Waals surface area contributed by atoms with Crippen LogP contribution in [0.4, 0.5) is 21.5 Å². The first-order valence-electron chi connectivity index (χ1n) is 25.0. The third-order valence-corrected chi connectivity index (χ3v) is 17.3. The number of halogens is 1. The zero-order valence-electron chi connectivity index (χ0n) is 40.6. The van der Waals surface area contributed by atoms with Crippen LogP contribution in [0.2, 0.25) is 0 Å². The highest BCUT2D eigenvalue weighted by Gasteiger charge is 2.49. The number of likely N-dealkylation sites (tertiary alicyclic amines) is 1. The molecular weight excluding hydrogens is 914 g/mol. The summed E-state index contributed by atoms with van der Waals surface area (Å²) in [6, 6.07) is 17.9. The van der Waals surface area contributed by atoms with Crippen molar-refractivity contribution in [3.8, 4) is 17.2 Å². The molecule has 1 amide bonds. The average Bonchev–Trinajstić information content (AvgIpc) is 3.96. The Labute approximate surface area is 408 Å². The van der Waals surface area contributed by atoms with Gasteiger partial charge in [0, 0.05) is 62.3 Å². The van der Waals surface area contributed by atoms with E-state index in [-0.39, 0.29) is 63.8 Å². The Kier molecular flexibility index (Phi) is 12.6. The summed E-state index contributed by atoms with van der Waals surface area (Å²) < 4.78 is 57.9. The van der Waals surface area contributed by atoms with Gasteiger partial charge in [-0.2, -0.15) is 0 Å². The summed E-state index contributed by atoms with van der Waals surface area (Å²) in [5.74, 6) is -0.413. The lowest BCUT2D eigenvalue weighted by Gasteiger charge is -2.57. The van der Waals surface area contributed by atoms with Crippen LogP contribution < -0.4 is 24.4 Å². The van der Waals surface area contributed by atoms with E-state index in [1.54, 1.807) is 19.1 Å². The normalized spacial score (nSPS) is 24.6. The first kappa shape index (κ1) is 47.9. The maximum absolute atomic E-state index is 15.0. The summed E-state index contributed by atoms with van der Waals surface area (Å²) in [5.41, 5.74) is 3.46. The average molecular weight is 978 g/mol. The summed E-state index contributed by atoms with van der Waals surface area (Å²) in [4.78, 5) is 38.1. The Hall–Kier alpha value is -5.78. The van der Waals surface area contributed by atoms with Crippen LogP contribution in [0, 0.1) is 27.3 Å². The number of pyridine rings is 1. The van der Waals surface area contributed by atoms with Crippen LogP contribution in [0.5, 0.6) is 17.2 Å². The van der Waals surface area contributed by atoms with Crippen LogP contribution in [0.3, 0.4) is 0 Å². The number of nitro benzene ring substituents is 1. The molecule has 3 aliphatic heterocycles. The van der Waals surface area contributed by atoms with Gasteiger partial charge in [0.1, 0.15) is 29.6 Å². The fourth-order valence-corrected chi connectivity index (χ4v) is 13.0. The van der Waals surface area contributed by atoms with Gasteiger partial charge in [0.05, 0.1) is 38.1 Å². The minimum Gasteiger partial charge on any atom is -0.489 e. The molecule has 3 aromatic carbocycles. The summed E-state index contributed by atoms with van der Waals surface area (Å²) in [5, 5.41) is 26.4. The van der Waals surface area contributed by atoms with Gasteiger partial charge in [0.25, 0.3) is 21.6 Å². The molecule has 17 heteroatoms. The SMILES string of the molecule is CC(C)c1ccccc1[C@@H]1CCCC1N1CC2(CCN(c3ccc(C(=O)NS(=O)(=O)c4cc5c(c([N+](=O)[O-])c4)N[C@@H]([C@H]4CC[C@](C)(O)CC4)CO5)c(Oc4cc5c(F)c[nH]c5nc4C(C)C)c3)CC2)C1. The predicted octanol–water partition coefficient (Wildman–Crippen LogP) is 10.1. The topological polar surface area (TPSA) is 192 Å². The Morgan fingerprint density at radius 1 is 0.986 bits per heavy atom. The lowest BCUT2D eigenvalue weighted by atomic mass is 9.70. The number of rotatable bonds is 12. The second-order valence-electron chi connectivity index (χ2n) is 21.5. The molecule has 1 spiro atoms. The smallest absolute Gasteiger partial charge is 0.297 e. The quantitative estimate of drug-likeness (QED) is 0.0684. The van der Waals surface area contributed by atoms with Gasteiger partial charge in [-0.3, -0.25) is 19.8 Å². The number of carbonyl (C=O) groups is 1. The molecule has 5 aliphatic rings. The van der Waals surface area contributed by atoms with Gasteiger partial charge in [0.15, 0.2) is 11.4 Å². The van der Waals surface area contributed by atoms with Gasteiger partial charge in [-0.25, -0.2) is 22.5 Å². The number of aliphatic hydroxyl groups is 1. The molecule has 4 N–H and O–H groups in total. The van der Waals surface area contributed by atoms with E-state index < -0.39 is 42.9 Å². The van der Waals surface area contributed by atoms with Crippen molar-refractivity contribution in [2.75, 3.05) is 43.0 Å². The van der Waals surface area contributed by atoms with E-state index in [9.17, 15) is 32.8 Å². The minimum absolute atomic E-state index is 0.0244. The summed E-state index contributed by atoms with van der Waals surface area (Å²) in [6.45, 7) is 14.0. The van der Waals surface area contributed by atoms with E-state index in [4.69, 9.17) is 9.47 Å². The largest absolute Gasteiger partial charge is 0.489 e. The fourth-order valence-electron chi connectivity index (χ4n) is 12.0. The van der Waals surface area contributed by atoms with Crippen molar-refractivity contribution in [3.05, 3.63) is 105 Å². The number of carbonyl (C=O) groups excluding carboxylic acids is 1. The van der Waals surface area contributed by atoms with Crippen molar-refractivity contribution in [2.45, 2.75) is 133 Å². The highest BCUT2D eigenvalue weighted by Crippen LogP contribution is 2.50. The molecule has 2 saturated carbocycles. The molecule has 3 atom stereocenters. The Bertz CT molecular complexity index is 2930. The minimum atomic E-state index is -4.73. The number of benzene rings is 3. The third-order valence-electron chi connectivity index (χ3n) is 16.0. The Morgan fingerprint density at radius 3 is 2.44 bits per heavy atom. The second kappa shape index (κ2) is 18.4. The first-order valence-corrected chi connectivity index (χ1v) is 26.4.